The molecule has 5 nitrogen and oxygen atoms in total. The highest BCUT2D eigenvalue weighted by Gasteiger charge is 2.36. The Balaban J connectivity index is 2.74. The van der Waals surface area contributed by atoms with Gasteiger partial charge in [0.15, 0.2) is 0 Å². The van der Waals surface area contributed by atoms with Crippen molar-refractivity contribution in [2.24, 2.45) is 11.7 Å². The van der Waals surface area contributed by atoms with Crippen molar-refractivity contribution in [1.29, 1.82) is 0 Å². The lowest BCUT2D eigenvalue weighted by Gasteiger charge is -2.29. The zero-order valence-electron chi connectivity index (χ0n) is 11.7. The molecule has 2 amide bonds. The van der Waals surface area contributed by atoms with Crippen molar-refractivity contribution in [3.05, 3.63) is 0 Å². The minimum Gasteiger partial charge on any atom is -0.347 e. The van der Waals surface area contributed by atoms with Crippen molar-refractivity contribution in [3.8, 4) is 0 Å². The molecule has 1 aliphatic heterocycles. The fourth-order valence-corrected chi connectivity index (χ4v) is 2.51. The van der Waals surface area contributed by atoms with Gasteiger partial charge in [-0.3, -0.25) is 9.59 Å². The highest BCUT2D eigenvalue weighted by Crippen LogP contribution is 2.22. The third-order valence-electron chi connectivity index (χ3n) is 3.53. The molecule has 0 aromatic heterocycles. The molecular weight excluding hydrogens is 230 g/mol. The molecule has 0 aliphatic carbocycles. The van der Waals surface area contributed by atoms with Gasteiger partial charge in [0.25, 0.3) is 0 Å². The van der Waals surface area contributed by atoms with Gasteiger partial charge in [0.2, 0.25) is 11.8 Å². The lowest BCUT2D eigenvalue weighted by Crippen LogP contribution is -2.48. The van der Waals surface area contributed by atoms with Crippen LogP contribution in [-0.2, 0) is 9.59 Å². The molecule has 1 fully saturated rings. The number of nitrogens with zero attached hydrogens (tertiary/aromatic N) is 2. The van der Waals surface area contributed by atoms with Crippen LogP contribution >= 0.6 is 0 Å². The maximum Gasteiger partial charge on any atom is 0.244 e. The molecule has 0 radical (unpaired) electrons. The quantitative estimate of drug-likeness (QED) is 0.775. The number of likely N-dealkylation sites (N-methyl/N-ethyl adjacent to an activating group) is 1. The van der Waals surface area contributed by atoms with E-state index in [0.29, 0.717) is 13.1 Å². The van der Waals surface area contributed by atoms with Crippen LogP contribution in [0.4, 0.5) is 0 Å². The van der Waals surface area contributed by atoms with E-state index in [2.05, 4.69) is 0 Å². The SMILES string of the molecule is CCCC(CN)C(=O)N1CCCC1C(=O)N(C)C. The normalized spacial score (nSPS) is 20.9. The number of rotatable bonds is 5. The predicted molar refractivity (Wildman–Crippen MR) is 70.9 cm³/mol. The standard InChI is InChI=1S/C13H25N3O2/c1-4-6-10(9-14)12(17)16-8-5-7-11(16)13(18)15(2)3/h10-11H,4-9,14H2,1-3H3. The fourth-order valence-electron chi connectivity index (χ4n) is 2.51. The third-order valence-corrected chi connectivity index (χ3v) is 3.53. The summed E-state index contributed by atoms with van der Waals surface area (Å²) < 4.78 is 0. The van der Waals surface area contributed by atoms with Crippen molar-refractivity contribution in [2.75, 3.05) is 27.2 Å². The largest absolute Gasteiger partial charge is 0.347 e. The number of hydrogen-bond acceptors (Lipinski definition) is 3. The summed E-state index contributed by atoms with van der Waals surface area (Å²) in [6, 6.07) is -0.279. The summed E-state index contributed by atoms with van der Waals surface area (Å²) in [6.07, 6.45) is 3.41. The molecule has 1 aliphatic rings. The number of amides is 2. The van der Waals surface area contributed by atoms with Crippen molar-refractivity contribution < 1.29 is 9.59 Å². The van der Waals surface area contributed by atoms with Gasteiger partial charge in [-0.25, -0.2) is 0 Å². The van der Waals surface area contributed by atoms with Crippen LogP contribution in [0.3, 0.4) is 0 Å². The van der Waals surface area contributed by atoms with Gasteiger partial charge >= 0.3 is 0 Å². The Morgan fingerprint density at radius 1 is 1.44 bits per heavy atom. The van der Waals surface area contributed by atoms with E-state index in [0.717, 1.165) is 25.7 Å². The minimum absolute atomic E-state index is 0.0214. The molecule has 1 rings (SSSR count). The Morgan fingerprint density at radius 3 is 2.61 bits per heavy atom. The second-order valence-corrected chi connectivity index (χ2v) is 5.14. The van der Waals surface area contributed by atoms with Crippen molar-refractivity contribution >= 4 is 11.8 Å². The van der Waals surface area contributed by atoms with Crippen LogP contribution in [0.15, 0.2) is 0 Å². The smallest absolute Gasteiger partial charge is 0.244 e. The first-order valence-electron chi connectivity index (χ1n) is 6.74. The maximum absolute atomic E-state index is 12.4. The number of hydrogen-bond donors (Lipinski definition) is 1. The van der Waals surface area contributed by atoms with Crippen molar-refractivity contribution in [2.45, 2.75) is 38.6 Å². The first kappa shape index (κ1) is 15.0. The first-order valence-corrected chi connectivity index (χ1v) is 6.74. The van der Waals surface area contributed by atoms with Crippen LogP contribution in [0.1, 0.15) is 32.6 Å². The van der Waals surface area contributed by atoms with Crippen LogP contribution in [0.5, 0.6) is 0 Å². The molecule has 0 spiro atoms. The molecule has 0 aromatic rings. The average Bonchev–Trinajstić information content (AvgIpc) is 2.82. The average molecular weight is 255 g/mol. The number of carbonyl (C=O) groups is 2. The molecule has 104 valence electrons. The zero-order chi connectivity index (χ0) is 13.7. The summed E-state index contributed by atoms with van der Waals surface area (Å²) >= 11 is 0. The number of carbonyl (C=O) groups excluding carboxylic acids is 2. The van der Waals surface area contributed by atoms with Crippen LogP contribution in [0, 0.1) is 5.92 Å². The van der Waals surface area contributed by atoms with Gasteiger partial charge in [-0.05, 0) is 19.3 Å². The maximum atomic E-state index is 12.4. The Kier molecular flexibility index (Phi) is 5.59. The van der Waals surface area contributed by atoms with Gasteiger partial charge in [0.05, 0.1) is 5.92 Å². The van der Waals surface area contributed by atoms with E-state index in [1.54, 1.807) is 23.9 Å². The van der Waals surface area contributed by atoms with Gasteiger partial charge in [-0.1, -0.05) is 13.3 Å². The van der Waals surface area contributed by atoms with E-state index >= 15 is 0 Å². The van der Waals surface area contributed by atoms with Crippen LogP contribution in [-0.4, -0.2) is 54.8 Å². The summed E-state index contributed by atoms with van der Waals surface area (Å²) in [5, 5.41) is 0. The Labute approximate surface area is 109 Å². The lowest BCUT2D eigenvalue weighted by molar-refractivity contribution is -0.144. The number of nitrogens with two attached hydrogens (primary N) is 1. The second kappa shape index (κ2) is 6.73. The highest BCUT2D eigenvalue weighted by atomic mass is 16.2. The summed E-state index contributed by atoms with van der Waals surface area (Å²) in [4.78, 5) is 27.7. The van der Waals surface area contributed by atoms with Crippen LogP contribution in [0.25, 0.3) is 0 Å². The first-order chi connectivity index (χ1) is 8.52. The second-order valence-electron chi connectivity index (χ2n) is 5.14. The van der Waals surface area contributed by atoms with E-state index in [9.17, 15) is 9.59 Å². The van der Waals surface area contributed by atoms with Gasteiger partial charge < -0.3 is 15.5 Å². The van der Waals surface area contributed by atoms with E-state index in [1.807, 2.05) is 6.92 Å². The molecule has 0 aromatic carbocycles. The van der Waals surface area contributed by atoms with E-state index in [1.165, 1.54) is 0 Å². The van der Waals surface area contributed by atoms with Gasteiger partial charge in [0.1, 0.15) is 6.04 Å². The zero-order valence-corrected chi connectivity index (χ0v) is 11.7. The fraction of sp³-hybridized carbons (Fsp3) is 0.846. The molecule has 1 saturated heterocycles. The molecule has 1 heterocycles. The summed E-state index contributed by atoms with van der Waals surface area (Å²) in [5.74, 6) is -0.0595. The molecule has 18 heavy (non-hydrogen) atoms. The van der Waals surface area contributed by atoms with E-state index in [-0.39, 0.29) is 23.8 Å². The molecular formula is C13H25N3O2. The Morgan fingerprint density at radius 2 is 2.11 bits per heavy atom. The summed E-state index contributed by atoms with van der Waals surface area (Å²) in [5.41, 5.74) is 5.67. The van der Waals surface area contributed by atoms with Gasteiger partial charge in [-0.2, -0.15) is 0 Å². The minimum atomic E-state index is -0.279. The van der Waals surface area contributed by atoms with Crippen LogP contribution in [0.2, 0.25) is 0 Å². The van der Waals surface area contributed by atoms with E-state index in [4.69, 9.17) is 5.73 Å². The van der Waals surface area contributed by atoms with Gasteiger partial charge in [0, 0.05) is 27.2 Å². The van der Waals surface area contributed by atoms with Crippen LogP contribution < -0.4 is 5.73 Å². The predicted octanol–water partition coefficient (Wildman–Crippen LogP) is 0.441. The molecule has 2 atom stereocenters. The van der Waals surface area contributed by atoms with Crippen molar-refractivity contribution in [1.82, 2.24) is 9.80 Å². The Hall–Kier alpha value is -1.10. The molecule has 5 heteroatoms. The third kappa shape index (κ3) is 3.22. The molecule has 2 N–H and O–H groups in total. The molecule has 0 saturated carbocycles. The van der Waals surface area contributed by atoms with E-state index < -0.39 is 0 Å². The monoisotopic (exact) mass is 255 g/mol. The lowest BCUT2D eigenvalue weighted by atomic mass is 10.0. The topological polar surface area (TPSA) is 66.6 Å². The van der Waals surface area contributed by atoms with Gasteiger partial charge in [-0.15, -0.1) is 0 Å². The summed E-state index contributed by atoms with van der Waals surface area (Å²) in [6.45, 7) is 3.09. The Bertz CT molecular complexity index is 305. The van der Waals surface area contributed by atoms with Crippen molar-refractivity contribution in [3.63, 3.8) is 0 Å². The highest BCUT2D eigenvalue weighted by molar-refractivity contribution is 5.89. The molecule has 0 bridgehead atoms. The number of likely N-dealkylation sites (tertiary alicyclic amines) is 1. The summed E-state index contributed by atoms with van der Waals surface area (Å²) in [7, 11) is 3.46. The molecule has 2 unspecified atom stereocenters.